The summed E-state index contributed by atoms with van der Waals surface area (Å²) in [6.45, 7) is 4.36. The molecule has 5 rings (SSSR count). The predicted molar refractivity (Wildman–Crippen MR) is 150 cm³/mol. The minimum absolute atomic E-state index is 0.203. The monoisotopic (exact) mass is 544 g/mol. The molecule has 0 saturated carbocycles. The molecule has 1 aromatic heterocycles. The number of nitrogens with zero attached hydrogens (tertiary/aromatic N) is 2. The summed E-state index contributed by atoms with van der Waals surface area (Å²) in [6, 6.07) is 23.7. The Labute approximate surface area is 228 Å². The van der Waals surface area contributed by atoms with E-state index in [-0.39, 0.29) is 12.2 Å². The van der Waals surface area contributed by atoms with E-state index in [9.17, 15) is 9.59 Å². The van der Waals surface area contributed by atoms with E-state index in [1.807, 2.05) is 73.7 Å². The van der Waals surface area contributed by atoms with E-state index >= 15 is 0 Å². The van der Waals surface area contributed by atoms with Crippen molar-refractivity contribution in [2.24, 2.45) is 4.99 Å². The molecule has 192 valence electrons. The van der Waals surface area contributed by atoms with Gasteiger partial charge < -0.3 is 9.47 Å². The minimum atomic E-state index is -0.701. The molecule has 0 fully saturated rings. The maximum atomic E-state index is 13.9. The smallest absolute Gasteiger partial charge is 0.338 e. The highest BCUT2D eigenvalue weighted by Gasteiger charge is 2.35. The van der Waals surface area contributed by atoms with Gasteiger partial charge in [-0.15, -0.1) is 0 Å². The maximum absolute atomic E-state index is 13.9. The van der Waals surface area contributed by atoms with Gasteiger partial charge in [0.1, 0.15) is 5.75 Å². The Balaban J connectivity index is 1.77. The number of hydrogen-bond acceptors (Lipinski definition) is 6. The van der Waals surface area contributed by atoms with E-state index < -0.39 is 12.0 Å². The number of esters is 1. The largest absolute Gasteiger partial charge is 0.492 e. The summed E-state index contributed by atoms with van der Waals surface area (Å²) in [4.78, 5) is 32.6. The highest BCUT2D eigenvalue weighted by molar-refractivity contribution is 7.07. The molecule has 0 amide bonds. The summed E-state index contributed by atoms with van der Waals surface area (Å²) < 4.78 is 13.1. The molecule has 3 aromatic carbocycles. The normalized spacial score (nSPS) is 15.1. The third-order valence-corrected chi connectivity index (χ3v) is 7.32. The van der Waals surface area contributed by atoms with Crippen molar-refractivity contribution in [3.05, 3.63) is 126 Å². The van der Waals surface area contributed by atoms with E-state index in [0.717, 1.165) is 16.7 Å². The van der Waals surface area contributed by atoms with Gasteiger partial charge in [0, 0.05) is 5.56 Å². The van der Waals surface area contributed by atoms with Gasteiger partial charge in [-0.3, -0.25) is 9.36 Å². The molecule has 38 heavy (non-hydrogen) atoms. The van der Waals surface area contributed by atoms with Crippen molar-refractivity contribution in [3.8, 4) is 5.75 Å². The summed E-state index contributed by atoms with van der Waals surface area (Å²) in [5.74, 6) is 0.0833. The number of ether oxygens (including phenoxy) is 2. The van der Waals surface area contributed by atoms with Crippen LogP contribution in [0.5, 0.6) is 5.75 Å². The molecule has 8 heteroatoms. The topological polar surface area (TPSA) is 69.9 Å². The molecule has 6 nitrogen and oxygen atoms in total. The number of halogens is 1. The first kappa shape index (κ1) is 25.7. The molecule has 0 unspecified atom stereocenters. The van der Waals surface area contributed by atoms with Crippen LogP contribution in [0.3, 0.4) is 0 Å². The van der Waals surface area contributed by atoms with Crippen LogP contribution in [-0.4, -0.2) is 23.8 Å². The summed E-state index contributed by atoms with van der Waals surface area (Å²) >= 11 is 7.66. The molecule has 0 radical (unpaired) electrons. The van der Waals surface area contributed by atoms with Crippen LogP contribution < -0.4 is 19.6 Å². The fourth-order valence-corrected chi connectivity index (χ4v) is 5.67. The number of fused-ring (bicyclic) bond motifs is 1. The van der Waals surface area contributed by atoms with Gasteiger partial charge >= 0.3 is 5.97 Å². The van der Waals surface area contributed by atoms with Crippen molar-refractivity contribution in [3.63, 3.8) is 0 Å². The quantitative estimate of drug-likeness (QED) is 0.307. The van der Waals surface area contributed by atoms with E-state index in [2.05, 4.69) is 0 Å². The SMILES string of the molecule is CCOC(=O)C1=C(c2ccccc2)N=c2s/c(=C\c3ccc(OCC)c(Cl)c3)c(=O)n2[C@H]1c1ccccc1. The molecule has 0 spiro atoms. The summed E-state index contributed by atoms with van der Waals surface area (Å²) in [7, 11) is 0. The van der Waals surface area contributed by atoms with Gasteiger partial charge in [0.2, 0.25) is 0 Å². The number of benzene rings is 3. The Morgan fingerprint density at radius 3 is 2.39 bits per heavy atom. The first-order chi connectivity index (χ1) is 18.5. The molecule has 2 heterocycles. The average molecular weight is 545 g/mol. The Hall–Kier alpha value is -3.94. The predicted octanol–water partition coefficient (Wildman–Crippen LogP) is 4.99. The Kier molecular flexibility index (Phi) is 7.58. The fraction of sp³-hybridized carbons (Fsp3) is 0.167. The average Bonchev–Trinajstić information content (AvgIpc) is 3.24. The first-order valence-electron chi connectivity index (χ1n) is 12.3. The number of rotatable bonds is 7. The molecule has 0 saturated heterocycles. The zero-order valence-electron chi connectivity index (χ0n) is 20.9. The standard InChI is InChI=1S/C30H25ClN2O4S/c1-3-36-23-16-15-19(17-22(23)31)18-24-28(34)33-27(21-13-9-6-10-14-21)25(29(35)37-4-2)26(32-30(33)38-24)20-11-7-5-8-12-20/h5-18,27H,3-4H2,1-2H3/b24-18-/t27-/m0/s1. The maximum Gasteiger partial charge on any atom is 0.338 e. The van der Waals surface area contributed by atoms with Crippen LogP contribution in [0.15, 0.2) is 94.2 Å². The lowest BCUT2D eigenvalue weighted by molar-refractivity contribution is -0.138. The number of hydrogen-bond donors (Lipinski definition) is 0. The lowest BCUT2D eigenvalue weighted by Gasteiger charge is -2.25. The Morgan fingerprint density at radius 1 is 1.03 bits per heavy atom. The van der Waals surface area contributed by atoms with Crippen LogP contribution in [0.4, 0.5) is 0 Å². The van der Waals surface area contributed by atoms with E-state index in [4.69, 9.17) is 26.1 Å². The van der Waals surface area contributed by atoms with Crippen LogP contribution in [0.1, 0.15) is 36.6 Å². The second-order valence-corrected chi connectivity index (χ2v) is 9.88. The Morgan fingerprint density at radius 2 is 1.74 bits per heavy atom. The van der Waals surface area contributed by atoms with Crippen molar-refractivity contribution >= 4 is 40.7 Å². The molecular formula is C30H25ClN2O4S. The van der Waals surface area contributed by atoms with Gasteiger partial charge in [-0.25, -0.2) is 9.79 Å². The number of thiazole rings is 1. The molecule has 1 atom stereocenters. The van der Waals surface area contributed by atoms with Crippen LogP contribution in [0.25, 0.3) is 11.8 Å². The molecule has 0 N–H and O–H groups in total. The van der Waals surface area contributed by atoms with Gasteiger partial charge in [0.15, 0.2) is 4.80 Å². The van der Waals surface area contributed by atoms with Gasteiger partial charge in [-0.05, 0) is 43.2 Å². The summed E-state index contributed by atoms with van der Waals surface area (Å²) in [5, 5.41) is 0.464. The second kappa shape index (κ2) is 11.2. The van der Waals surface area contributed by atoms with E-state index in [1.165, 1.54) is 11.3 Å². The highest BCUT2D eigenvalue weighted by atomic mass is 35.5. The van der Waals surface area contributed by atoms with Crippen molar-refractivity contribution in [2.75, 3.05) is 13.2 Å². The summed E-state index contributed by atoms with van der Waals surface area (Å²) in [5.41, 5.74) is 2.89. The van der Waals surface area contributed by atoms with Crippen LogP contribution >= 0.6 is 22.9 Å². The van der Waals surface area contributed by atoms with Gasteiger partial charge in [0.25, 0.3) is 5.56 Å². The minimum Gasteiger partial charge on any atom is -0.492 e. The molecule has 0 aliphatic carbocycles. The number of aromatic nitrogens is 1. The molecule has 1 aliphatic rings. The Bertz CT molecular complexity index is 1690. The zero-order valence-corrected chi connectivity index (χ0v) is 22.5. The van der Waals surface area contributed by atoms with Crippen LogP contribution in [-0.2, 0) is 9.53 Å². The van der Waals surface area contributed by atoms with Crippen molar-refractivity contribution in [1.29, 1.82) is 0 Å². The fourth-order valence-electron chi connectivity index (χ4n) is 4.42. The van der Waals surface area contributed by atoms with Crippen LogP contribution in [0, 0.1) is 0 Å². The number of carbonyl (C=O) groups excluding carboxylic acids is 1. The van der Waals surface area contributed by atoms with E-state index in [1.54, 1.807) is 29.7 Å². The van der Waals surface area contributed by atoms with Gasteiger partial charge in [-0.1, -0.05) is 89.7 Å². The highest BCUT2D eigenvalue weighted by Crippen LogP contribution is 2.35. The third-order valence-electron chi connectivity index (χ3n) is 6.04. The van der Waals surface area contributed by atoms with Crippen LogP contribution in [0.2, 0.25) is 5.02 Å². The molecule has 1 aliphatic heterocycles. The third kappa shape index (κ3) is 4.95. The van der Waals surface area contributed by atoms with E-state index in [0.29, 0.717) is 38.0 Å². The molecule has 4 aromatic rings. The van der Waals surface area contributed by atoms with Crippen molar-refractivity contribution in [1.82, 2.24) is 4.57 Å². The van der Waals surface area contributed by atoms with Crippen molar-refractivity contribution in [2.45, 2.75) is 19.9 Å². The van der Waals surface area contributed by atoms with Gasteiger partial charge in [0.05, 0.1) is 40.1 Å². The first-order valence-corrected chi connectivity index (χ1v) is 13.5. The molecular weight excluding hydrogens is 520 g/mol. The van der Waals surface area contributed by atoms with Crippen molar-refractivity contribution < 1.29 is 14.3 Å². The lowest BCUT2D eigenvalue weighted by atomic mass is 9.93. The molecule has 0 bridgehead atoms. The lowest BCUT2D eigenvalue weighted by Crippen LogP contribution is -2.39. The number of carbonyl (C=O) groups is 1. The zero-order chi connectivity index (χ0) is 26.6. The second-order valence-electron chi connectivity index (χ2n) is 8.47. The van der Waals surface area contributed by atoms with Gasteiger partial charge in [-0.2, -0.15) is 0 Å². The summed E-state index contributed by atoms with van der Waals surface area (Å²) in [6.07, 6.45) is 1.78.